The van der Waals surface area contributed by atoms with Gasteiger partial charge in [-0.2, -0.15) is 0 Å². The van der Waals surface area contributed by atoms with Gasteiger partial charge in [0, 0.05) is 26.2 Å². The number of fused-ring (bicyclic) bond motifs is 2. The van der Waals surface area contributed by atoms with Crippen molar-refractivity contribution in [1.29, 1.82) is 0 Å². The van der Waals surface area contributed by atoms with E-state index < -0.39 is 0 Å². The summed E-state index contributed by atoms with van der Waals surface area (Å²) >= 11 is 0. The third kappa shape index (κ3) is 1.38. The van der Waals surface area contributed by atoms with Crippen LogP contribution in [-0.4, -0.2) is 38.1 Å². The second-order valence-electron chi connectivity index (χ2n) is 5.57. The van der Waals surface area contributed by atoms with Crippen molar-refractivity contribution in [3.05, 3.63) is 0 Å². The van der Waals surface area contributed by atoms with E-state index in [4.69, 9.17) is 0 Å². The third-order valence-corrected chi connectivity index (χ3v) is 3.26. The monoisotopic (exact) mass is 168 g/mol. The summed E-state index contributed by atoms with van der Waals surface area (Å²) in [5.41, 5.74) is 1.06. The Morgan fingerprint density at radius 1 is 1.08 bits per heavy atom. The molecular weight excluding hydrogens is 148 g/mol. The molecule has 2 aliphatic heterocycles. The van der Waals surface area contributed by atoms with E-state index >= 15 is 0 Å². The quantitative estimate of drug-likeness (QED) is 0.579. The SMILES string of the molecule is CN1C[C@]2(C)CNC[C@](C)(C1)C2. The lowest BCUT2D eigenvalue weighted by molar-refractivity contribution is -0.00751. The van der Waals surface area contributed by atoms with E-state index in [1.807, 2.05) is 0 Å². The van der Waals surface area contributed by atoms with Crippen LogP contribution in [0.4, 0.5) is 0 Å². The van der Waals surface area contributed by atoms with Crippen molar-refractivity contribution >= 4 is 0 Å². The summed E-state index contributed by atoms with van der Waals surface area (Å²) in [6.45, 7) is 9.74. The lowest BCUT2D eigenvalue weighted by atomic mass is 9.66. The molecule has 2 heteroatoms. The van der Waals surface area contributed by atoms with E-state index in [0.29, 0.717) is 10.8 Å². The molecule has 2 bridgehead atoms. The maximum absolute atomic E-state index is 3.56. The number of likely N-dealkylation sites (tertiary alicyclic amines) is 1. The normalized spacial score (nSPS) is 49.2. The van der Waals surface area contributed by atoms with Crippen LogP contribution in [0, 0.1) is 10.8 Å². The molecule has 12 heavy (non-hydrogen) atoms. The van der Waals surface area contributed by atoms with Crippen LogP contribution >= 0.6 is 0 Å². The summed E-state index contributed by atoms with van der Waals surface area (Å²) in [6.07, 6.45) is 1.40. The topological polar surface area (TPSA) is 15.3 Å². The summed E-state index contributed by atoms with van der Waals surface area (Å²) in [6, 6.07) is 0. The first-order valence-corrected chi connectivity index (χ1v) is 4.91. The predicted molar refractivity (Wildman–Crippen MR) is 51.2 cm³/mol. The van der Waals surface area contributed by atoms with Crippen molar-refractivity contribution in [1.82, 2.24) is 10.2 Å². The van der Waals surface area contributed by atoms with E-state index in [-0.39, 0.29) is 0 Å². The van der Waals surface area contributed by atoms with Crippen LogP contribution in [-0.2, 0) is 0 Å². The first-order chi connectivity index (χ1) is 5.52. The molecule has 0 spiro atoms. The first kappa shape index (κ1) is 8.52. The van der Waals surface area contributed by atoms with E-state index in [0.717, 1.165) is 0 Å². The first-order valence-electron chi connectivity index (χ1n) is 4.91. The van der Waals surface area contributed by atoms with Crippen molar-refractivity contribution < 1.29 is 0 Å². The van der Waals surface area contributed by atoms with Gasteiger partial charge in [-0.25, -0.2) is 0 Å². The molecule has 0 saturated carbocycles. The summed E-state index contributed by atoms with van der Waals surface area (Å²) in [5, 5.41) is 3.56. The van der Waals surface area contributed by atoms with Gasteiger partial charge in [0.05, 0.1) is 0 Å². The lowest BCUT2D eigenvalue weighted by Gasteiger charge is -2.53. The molecular formula is C10H20N2. The molecule has 0 aromatic heterocycles. The molecule has 0 aromatic rings. The van der Waals surface area contributed by atoms with Gasteiger partial charge in [0.15, 0.2) is 0 Å². The molecule has 2 heterocycles. The molecule has 2 saturated heterocycles. The predicted octanol–water partition coefficient (Wildman–Crippen LogP) is 0.938. The number of nitrogens with zero attached hydrogens (tertiary/aromatic N) is 1. The molecule has 1 N–H and O–H groups in total. The Labute approximate surface area is 75.3 Å². The maximum atomic E-state index is 3.56. The van der Waals surface area contributed by atoms with Crippen LogP contribution in [0.3, 0.4) is 0 Å². The molecule has 2 aliphatic rings. The van der Waals surface area contributed by atoms with Crippen LogP contribution in [0.5, 0.6) is 0 Å². The summed E-state index contributed by atoms with van der Waals surface area (Å²) < 4.78 is 0. The van der Waals surface area contributed by atoms with Crippen LogP contribution in [0.2, 0.25) is 0 Å². The van der Waals surface area contributed by atoms with Crippen LogP contribution in [0.1, 0.15) is 20.3 Å². The summed E-state index contributed by atoms with van der Waals surface area (Å²) in [5.74, 6) is 0. The van der Waals surface area contributed by atoms with Gasteiger partial charge in [0.2, 0.25) is 0 Å². The van der Waals surface area contributed by atoms with Crippen LogP contribution < -0.4 is 5.32 Å². The highest BCUT2D eigenvalue weighted by molar-refractivity contribution is 4.99. The zero-order chi connectivity index (χ0) is 8.82. The molecule has 0 amide bonds. The van der Waals surface area contributed by atoms with Crippen molar-refractivity contribution in [3.63, 3.8) is 0 Å². The molecule has 2 rings (SSSR count). The van der Waals surface area contributed by atoms with E-state index in [2.05, 4.69) is 31.1 Å². The molecule has 0 aliphatic carbocycles. The van der Waals surface area contributed by atoms with Gasteiger partial charge < -0.3 is 10.2 Å². The van der Waals surface area contributed by atoms with Gasteiger partial charge in [0.25, 0.3) is 0 Å². The average Bonchev–Trinajstić information content (AvgIpc) is 1.79. The molecule has 0 radical (unpaired) electrons. The van der Waals surface area contributed by atoms with E-state index in [1.165, 1.54) is 32.6 Å². The fourth-order valence-corrected chi connectivity index (χ4v) is 3.40. The molecule has 2 atom stereocenters. The largest absolute Gasteiger partial charge is 0.316 e. The lowest BCUT2D eigenvalue weighted by Crippen LogP contribution is -2.60. The van der Waals surface area contributed by atoms with Gasteiger partial charge >= 0.3 is 0 Å². The van der Waals surface area contributed by atoms with Crippen molar-refractivity contribution in [2.75, 3.05) is 33.2 Å². The van der Waals surface area contributed by atoms with Crippen LogP contribution in [0.25, 0.3) is 0 Å². The standard InChI is InChI=1S/C10H20N2/c1-9-4-10(2,6-11-5-9)8-12(3)7-9/h11H,4-8H2,1-3H3/t9-,10+. The highest BCUT2D eigenvalue weighted by Gasteiger charge is 2.44. The second kappa shape index (κ2) is 2.46. The van der Waals surface area contributed by atoms with Gasteiger partial charge in [-0.05, 0) is 24.3 Å². The molecule has 2 nitrogen and oxygen atoms in total. The highest BCUT2D eigenvalue weighted by atomic mass is 15.1. The Kier molecular flexibility index (Phi) is 1.74. The van der Waals surface area contributed by atoms with Gasteiger partial charge in [-0.15, -0.1) is 0 Å². The van der Waals surface area contributed by atoms with Crippen molar-refractivity contribution in [2.24, 2.45) is 10.8 Å². The zero-order valence-electron chi connectivity index (χ0n) is 8.48. The number of rotatable bonds is 0. The van der Waals surface area contributed by atoms with Gasteiger partial charge in [0.1, 0.15) is 0 Å². The maximum Gasteiger partial charge on any atom is 0.00449 e. The average molecular weight is 168 g/mol. The molecule has 70 valence electrons. The van der Waals surface area contributed by atoms with Crippen molar-refractivity contribution in [2.45, 2.75) is 20.3 Å². The zero-order valence-corrected chi connectivity index (χ0v) is 8.48. The molecule has 0 aromatic carbocycles. The number of hydrogen-bond donors (Lipinski definition) is 1. The minimum Gasteiger partial charge on any atom is -0.316 e. The van der Waals surface area contributed by atoms with Crippen LogP contribution in [0.15, 0.2) is 0 Å². The Morgan fingerprint density at radius 3 is 2.08 bits per heavy atom. The smallest absolute Gasteiger partial charge is 0.00449 e. The van der Waals surface area contributed by atoms with Gasteiger partial charge in [-0.1, -0.05) is 13.8 Å². The summed E-state index contributed by atoms with van der Waals surface area (Å²) in [7, 11) is 2.25. The Hall–Kier alpha value is -0.0800. The van der Waals surface area contributed by atoms with E-state index in [9.17, 15) is 0 Å². The van der Waals surface area contributed by atoms with Gasteiger partial charge in [-0.3, -0.25) is 0 Å². The third-order valence-electron chi connectivity index (χ3n) is 3.26. The number of hydrogen-bond acceptors (Lipinski definition) is 2. The Balaban J connectivity index is 2.19. The second-order valence-corrected chi connectivity index (χ2v) is 5.57. The fourth-order valence-electron chi connectivity index (χ4n) is 3.40. The number of nitrogens with one attached hydrogen (secondary N) is 1. The Morgan fingerprint density at radius 2 is 1.58 bits per heavy atom. The minimum absolute atomic E-state index is 0.528. The Bertz CT molecular complexity index is 174. The fraction of sp³-hybridized carbons (Fsp3) is 1.00. The number of piperidine rings is 2. The minimum atomic E-state index is 0.528. The van der Waals surface area contributed by atoms with Crippen molar-refractivity contribution in [3.8, 4) is 0 Å². The van der Waals surface area contributed by atoms with E-state index in [1.54, 1.807) is 0 Å². The highest BCUT2D eigenvalue weighted by Crippen LogP contribution is 2.41. The molecule has 0 unspecified atom stereocenters. The summed E-state index contributed by atoms with van der Waals surface area (Å²) in [4.78, 5) is 2.49. The molecule has 2 fully saturated rings.